The highest BCUT2D eigenvalue weighted by Crippen LogP contribution is 2.34. The Morgan fingerprint density at radius 2 is 1.93 bits per heavy atom. The van der Waals surface area contributed by atoms with Crippen molar-refractivity contribution in [3.63, 3.8) is 0 Å². The Balaban J connectivity index is 1.53. The predicted molar refractivity (Wildman–Crippen MR) is 99.0 cm³/mol. The van der Waals surface area contributed by atoms with Gasteiger partial charge in [-0.2, -0.15) is 0 Å². The van der Waals surface area contributed by atoms with Crippen LogP contribution in [0.2, 0.25) is 0 Å². The summed E-state index contributed by atoms with van der Waals surface area (Å²) in [7, 11) is 0. The van der Waals surface area contributed by atoms with Gasteiger partial charge in [0.1, 0.15) is 5.60 Å². The predicted octanol–water partition coefficient (Wildman–Crippen LogP) is 1.27. The van der Waals surface area contributed by atoms with Crippen LogP contribution >= 0.6 is 0 Å². The van der Waals surface area contributed by atoms with Crippen LogP contribution in [0.15, 0.2) is 30.3 Å². The Labute approximate surface area is 158 Å². The van der Waals surface area contributed by atoms with Gasteiger partial charge in [0.2, 0.25) is 5.91 Å². The molecule has 2 fully saturated rings. The molecule has 2 aliphatic rings. The molecule has 3 N–H and O–H groups in total. The van der Waals surface area contributed by atoms with Gasteiger partial charge in [0.05, 0.1) is 13.1 Å². The topological polar surface area (TPSA) is 105 Å². The highest BCUT2D eigenvalue weighted by Gasteiger charge is 2.47. The molecule has 0 aromatic heterocycles. The third-order valence-corrected chi connectivity index (χ3v) is 5.35. The van der Waals surface area contributed by atoms with Crippen LogP contribution in [0.4, 0.5) is 9.59 Å². The van der Waals surface area contributed by atoms with Crippen molar-refractivity contribution >= 4 is 18.0 Å². The maximum Gasteiger partial charge on any atom is 0.410 e. The first-order chi connectivity index (χ1) is 12.9. The molecule has 3 rings (SSSR count). The van der Waals surface area contributed by atoms with Crippen molar-refractivity contribution < 1.29 is 19.1 Å². The first kappa shape index (κ1) is 19.0. The first-order valence-electron chi connectivity index (χ1n) is 9.22. The summed E-state index contributed by atoms with van der Waals surface area (Å²) in [6.45, 7) is 4.13. The second-order valence-corrected chi connectivity index (χ2v) is 7.34. The van der Waals surface area contributed by atoms with Gasteiger partial charge in [-0.3, -0.25) is 4.79 Å². The molecule has 2 saturated heterocycles. The molecule has 0 saturated carbocycles. The summed E-state index contributed by atoms with van der Waals surface area (Å²) in [4.78, 5) is 38.6. The lowest BCUT2D eigenvalue weighted by Gasteiger charge is -2.37. The number of carbonyl (C=O) groups excluding carboxylic acids is 3. The van der Waals surface area contributed by atoms with Gasteiger partial charge in [-0.1, -0.05) is 37.3 Å². The number of ether oxygens (including phenoxy) is 1. The van der Waals surface area contributed by atoms with Crippen molar-refractivity contribution in [3.05, 3.63) is 35.9 Å². The van der Waals surface area contributed by atoms with E-state index in [1.165, 1.54) is 5.56 Å². The summed E-state index contributed by atoms with van der Waals surface area (Å²) in [6.07, 6.45) is 0.905. The molecular formula is C19H26N4O4. The molecule has 0 bridgehead atoms. The van der Waals surface area contributed by atoms with Crippen LogP contribution in [-0.4, -0.2) is 66.2 Å². The summed E-state index contributed by atoms with van der Waals surface area (Å²) in [5.41, 5.74) is 5.66. The minimum Gasteiger partial charge on any atom is -0.441 e. The molecule has 1 atom stereocenters. The highest BCUT2D eigenvalue weighted by atomic mass is 16.6. The van der Waals surface area contributed by atoms with Crippen molar-refractivity contribution in [3.8, 4) is 0 Å². The number of piperidine rings is 1. The van der Waals surface area contributed by atoms with Gasteiger partial charge in [0.25, 0.3) is 0 Å². The highest BCUT2D eigenvalue weighted by molar-refractivity contribution is 5.83. The minimum absolute atomic E-state index is 0.108. The van der Waals surface area contributed by atoms with Gasteiger partial charge in [-0.25, -0.2) is 9.59 Å². The second-order valence-electron chi connectivity index (χ2n) is 7.34. The number of nitrogens with zero attached hydrogens (tertiary/aromatic N) is 2. The van der Waals surface area contributed by atoms with Gasteiger partial charge in [-0.15, -0.1) is 0 Å². The molecule has 1 unspecified atom stereocenters. The number of urea groups is 1. The van der Waals surface area contributed by atoms with Crippen molar-refractivity contribution in [1.29, 1.82) is 0 Å². The number of nitrogens with two attached hydrogens (primary N) is 1. The van der Waals surface area contributed by atoms with Crippen LogP contribution in [-0.2, 0) is 9.53 Å². The molecule has 2 aliphatic heterocycles. The number of hydrogen-bond acceptors (Lipinski definition) is 4. The zero-order chi connectivity index (χ0) is 19.4. The number of primary amides is 1. The van der Waals surface area contributed by atoms with Gasteiger partial charge in [0, 0.05) is 32.5 Å². The van der Waals surface area contributed by atoms with Crippen LogP contribution in [0.5, 0.6) is 0 Å². The van der Waals surface area contributed by atoms with Crippen molar-refractivity contribution in [2.75, 3.05) is 32.7 Å². The molecular weight excluding hydrogens is 348 g/mol. The molecule has 2 heterocycles. The molecule has 0 radical (unpaired) electrons. The molecule has 1 aromatic carbocycles. The molecule has 8 heteroatoms. The van der Waals surface area contributed by atoms with Gasteiger partial charge < -0.3 is 25.6 Å². The Morgan fingerprint density at radius 3 is 2.56 bits per heavy atom. The Bertz CT molecular complexity index is 701. The van der Waals surface area contributed by atoms with Crippen molar-refractivity contribution in [2.24, 2.45) is 5.73 Å². The maximum atomic E-state index is 12.4. The normalized spacial score (nSPS) is 19.7. The lowest BCUT2D eigenvalue weighted by molar-refractivity contribution is -0.133. The summed E-state index contributed by atoms with van der Waals surface area (Å²) in [6, 6.07) is 9.37. The van der Waals surface area contributed by atoms with Crippen molar-refractivity contribution in [2.45, 2.75) is 31.3 Å². The average molecular weight is 374 g/mol. The Morgan fingerprint density at radius 1 is 1.26 bits per heavy atom. The SMILES string of the molecule is CC(CN1CC2(CCN(C(=O)CNC(N)=O)CC2)OC1=O)c1ccccc1. The molecule has 4 amide bonds. The molecule has 146 valence electrons. The number of amides is 4. The monoisotopic (exact) mass is 374 g/mol. The lowest BCUT2D eigenvalue weighted by atomic mass is 9.91. The molecule has 1 spiro atoms. The molecule has 0 aliphatic carbocycles. The lowest BCUT2D eigenvalue weighted by Crippen LogP contribution is -2.51. The standard InChI is InChI=1S/C19H26N4O4/c1-14(15-5-3-2-4-6-15)12-23-13-19(27-18(23)26)7-9-22(10-8-19)16(24)11-21-17(20)25/h2-6,14H,7-13H2,1H3,(H3,20,21,25). The fourth-order valence-electron chi connectivity index (χ4n) is 3.75. The summed E-state index contributed by atoms with van der Waals surface area (Å²) in [5.74, 6) is 0.0398. The van der Waals surface area contributed by atoms with E-state index in [9.17, 15) is 14.4 Å². The van der Waals surface area contributed by atoms with Crippen LogP contribution in [0.1, 0.15) is 31.2 Å². The summed E-state index contributed by atoms with van der Waals surface area (Å²) < 4.78 is 5.72. The fourth-order valence-corrected chi connectivity index (χ4v) is 3.75. The van der Waals surface area contributed by atoms with Crippen LogP contribution in [0.25, 0.3) is 0 Å². The van der Waals surface area contributed by atoms with Gasteiger partial charge in [0.15, 0.2) is 0 Å². The number of nitrogens with one attached hydrogen (secondary N) is 1. The zero-order valence-electron chi connectivity index (χ0n) is 15.5. The maximum absolute atomic E-state index is 12.4. The largest absolute Gasteiger partial charge is 0.441 e. The van der Waals surface area contributed by atoms with E-state index in [4.69, 9.17) is 10.5 Å². The number of hydrogen-bond donors (Lipinski definition) is 2. The zero-order valence-corrected chi connectivity index (χ0v) is 15.5. The first-order valence-corrected chi connectivity index (χ1v) is 9.22. The number of carbonyl (C=O) groups is 3. The van der Waals surface area contributed by atoms with Crippen LogP contribution < -0.4 is 11.1 Å². The minimum atomic E-state index is -0.718. The van der Waals surface area contributed by atoms with E-state index in [0.717, 1.165) is 0 Å². The van der Waals surface area contributed by atoms with Crippen LogP contribution in [0.3, 0.4) is 0 Å². The summed E-state index contributed by atoms with van der Waals surface area (Å²) in [5, 5.41) is 2.31. The smallest absolute Gasteiger partial charge is 0.410 e. The van der Waals surface area contributed by atoms with E-state index < -0.39 is 11.6 Å². The molecule has 27 heavy (non-hydrogen) atoms. The van der Waals surface area contributed by atoms with E-state index >= 15 is 0 Å². The second kappa shape index (κ2) is 7.85. The quantitative estimate of drug-likeness (QED) is 0.810. The Hall–Kier alpha value is -2.77. The van der Waals surface area contributed by atoms with E-state index in [0.29, 0.717) is 39.0 Å². The average Bonchev–Trinajstić information content (AvgIpc) is 2.95. The summed E-state index contributed by atoms with van der Waals surface area (Å²) >= 11 is 0. The van der Waals surface area contributed by atoms with E-state index in [1.807, 2.05) is 18.2 Å². The van der Waals surface area contributed by atoms with Gasteiger partial charge in [-0.05, 0) is 11.5 Å². The van der Waals surface area contributed by atoms with Crippen LogP contribution in [0, 0.1) is 0 Å². The van der Waals surface area contributed by atoms with E-state index in [2.05, 4.69) is 24.4 Å². The third kappa shape index (κ3) is 4.50. The number of rotatable bonds is 5. The number of benzene rings is 1. The van der Waals surface area contributed by atoms with Gasteiger partial charge >= 0.3 is 12.1 Å². The Kier molecular flexibility index (Phi) is 5.53. The van der Waals surface area contributed by atoms with E-state index in [1.54, 1.807) is 9.80 Å². The molecule has 8 nitrogen and oxygen atoms in total. The fraction of sp³-hybridized carbons (Fsp3) is 0.526. The van der Waals surface area contributed by atoms with E-state index in [-0.39, 0.29) is 24.5 Å². The third-order valence-electron chi connectivity index (χ3n) is 5.35. The number of likely N-dealkylation sites (tertiary alicyclic amines) is 1. The molecule has 1 aromatic rings. The van der Waals surface area contributed by atoms with Crippen molar-refractivity contribution in [1.82, 2.24) is 15.1 Å².